The maximum atomic E-state index is 13.4. The van der Waals surface area contributed by atoms with Crippen molar-refractivity contribution in [2.45, 2.75) is 32.9 Å². The summed E-state index contributed by atoms with van der Waals surface area (Å²) in [5.41, 5.74) is 3.56. The summed E-state index contributed by atoms with van der Waals surface area (Å²) in [7, 11) is 1.33. The summed E-state index contributed by atoms with van der Waals surface area (Å²) >= 11 is 0. The first-order valence-electron chi connectivity index (χ1n) is 9.55. The molecule has 0 atom stereocenters. The number of allylic oxidation sites excluding steroid dienone is 5. The molecule has 29 heavy (non-hydrogen) atoms. The third kappa shape index (κ3) is 3.31. The van der Waals surface area contributed by atoms with E-state index in [2.05, 4.69) is 0 Å². The number of nitrogens with zero attached hydrogens (tertiary/aromatic N) is 2. The van der Waals surface area contributed by atoms with Crippen LogP contribution < -0.4 is 11.2 Å². The Morgan fingerprint density at radius 1 is 1.10 bits per heavy atom. The van der Waals surface area contributed by atoms with Crippen molar-refractivity contribution in [3.05, 3.63) is 97.4 Å². The van der Waals surface area contributed by atoms with Crippen molar-refractivity contribution in [2.24, 2.45) is 0 Å². The molecule has 6 heteroatoms. The van der Waals surface area contributed by atoms with Crippen molar-refractivity contribution < 1.29 is 9.53 Å². The smallest absolute Gasteiger partial charge is 0.335 e. The van der Waals surface area contributed by atoms with Gasteiger partial charge in [-0.15, -0.1) is 0 Å². The lowest BCUT2D eigenvalue weighted by Gasteiger charge is -2.20. The molecule has 2 aromatic rings. The molecule has 6 nitrogen and oxygen atoms in total. The number of esters is 1. The maximum Gasteiger partial charge on any atom is 0.335 e. The highest BCUT2D eigenvalue weighted by molar-refractivity contribution is 5.90. The lowest BCUT2D eigenvalue weighted by molar-refractivity contribution is -0.136. The van der Waals surface area contributed by atoms with Gasteiger partial charge < -0.3 is 4.74 Å². The van der Waals surface area contributed by atoms with Gasteiger partial charge in [0.2, 0.25) is 0 Å². The van der Waals surface area contributed by atoms with Crippen molar-refractivity contribution in [1.29, 1.82) is 0 Å². The van der Waals surface area contributed by atoms with E-state index in [4.69, 9.17) is 4.74 Å². The van der Waals surface area contributed by atoms with E-state index in [-0.39, 0.29) is 18.6 Å². The summed E-state index contributed by atoms with van der Waals surface area (Å²) < 4.78 is 7.72. The molecule has 4 rings (SSSR count). The highest BCUT2D eigenvalue weighted by Gasteiger charge is 2.26. The number of aromatic nitrogens is 2. The van der Waals surface area contributed by atoms with Crippen LogP contribution in [0.3, 0.4) is 0 Å². The maximum absolute atomic E-state index is 13.4. The fourth-order valence-corrected chi connectivity index (χ4v) is 4.02. The van der Waals surface area contributed by atoms with Crippen LogP contribution in [0.1, 0.15) is 29.7 Å². The molecule has 0 unspecified atom stereocenters. The second-order valence-corrected chi connectivity index (χ2v) is 7.26. The predicted octanol–water partition coefficient (Wildman–Crippen LogP) is 2.58. The fourth-order valence-electron chi connectivity index (χ4n) is 4.02. The number of carbonyl (C=O) groups excluding carboxylic acids is 1. The van der Waals surface area contributed by atoms with Crippen LogP contribution in [-0.4, -0.2) is 22.2 Å². The van der Waals surface area contributed by atoms with Crippen LogP contribution in [0.25, 0.3) is 5.57 Å². The average Bonchev–Trinajstić information content (AvgIpc) is 2.93. The Kier molecular flexibility index (Phi) is 4.92. The first-order chi connectivity index (χ1) is 14.0. The Morgan fingerprint density at radius 3 is 2.55 bits per heavy atom. The Hall–Kier alpha value is -3.41. The molecule has 0 saturated heterocycles. The Bertz CT molecular complexity index is 1190. The summed E-state index contributed by atoms with van der Waals surface area (Å²) in [6.07, 6.45) is 7.13. The third-order valence-corrected chi connectivity index (χ3v) is 5.46. The summed E-state index contributed by atoms with van der Waals surface area (Å²) in [4.78, 5) is 38.8. The molecular weight excluding hydrogens is 368 g/mol. The lowest BCUT2D eigenvalue weighted by Crippen LogP contribution is -2.43. The molecule has 1 aromatic heterocycles. The molecular formula is C23H22N2O4. The van der Waals surface area contributed by atoms with E-state index in [0.717, 1.165) is 16.7 Å². The third-order valence-electron chi connectivity index (χ3n) is 5.46. The van der Waals surface area contributed by atoms with E-state index in [1.165, 1.54) is 11.7 Å². The number of hydrogen-bond donors (Lipinski definition) is 0. The van der Waals surface area contributed by atoms with Gasteiger partial charge in [-0.25, -0.2) is 9.59 Å². The summed E-state index contributed by atoms with van der Waals surface area (Å²) in [5.74, 6) is -0.468. The minimum Gasteiger partial charge on any atom is -0.466 e. The van der Waals surface area contributed by atoms with E-state index in [0.29, 0.717) is 29.7 Å². The Balaban J connectivity index is 1.95. The van der Waals surface area contributed by atoms with Crippen molar-refractivity contribution in [3.8, 4) is 0 Å². The van der Waals surface area contributed by atoms with Crippen LogP contribution in [0.2, 0.25) is 0 Å². The highest BCUT2D eigenvalue weighted by Crippen LogP contribution is 2.33. The topological polar surface area (TPSA) is 70.3 Å². The van der Waals surface area contributed by atoms with Crippen LogP contribution in [0.15, 0.2) is 69.3 Å². The second-order valence-electron chi connectivity index (χ2n) is 7.26. The monoisotopic (exact) mass is 390 g/mol. The van der Waals surface area contributed by atoms with Crippen LogP contribution in [-0.2, 0) is 22.6 Å². The molecule has 2 aliphatic rings. The van der Waals surface area contributed by atoms with E-state index in [1.807, 2.05) is 48.6 Å². The summed E-state index contributed by atoms with van der Waals surface area (Å²) in [5, 5.41) is 0. The zero-order valence-corrected chi connectivity index (χ0v) is 16.5. The highest BCUT2D eigenvalue weighted by atomic mass is 16.5. The zero-order valence-electron chi connectivity index (χ0n) is 16.5. The first kappa shape index (κ1) is 18.9. The molecule has 148 valence electrons. The lowest BCUT2D eigenvalue weighted by atomic mass is 9.92. The van der Waals surface area contributed by atoms with Gasteiger partial charge in [-0.05, 0) is 42.6 Å². The molecule has 2 heterocycles. The number of carbonyl (C=O) groups is 1. The number of benzene rings is 1. The summed E-state index contributed by atoms with van der Waals surface area (Å²) in [6.45, 7) is 2.01. The number of methoxy groups -OCH3 is 1. The number of hydrogen-bond acceptors (Lipinski definition) is 4. The van der Waals surface area contributed by atoms with E-state index in [9.17, 15) is 14.4 Å². The van der Waals surface area contributed by atoms with Gasteiger partial charge >= 0.3 is 11.7 Å². The molecule has 0 bridgehead atoms. The van der Waals surface area contributed by atoms with Crippen LogP contribution in [0.5, 0.6) is 0 Å². The van der Waals surface area contributed by atoms with Gasteiger partial charge in [-0.3, -0.25) is 13.9 Å². The first-order valence-corrected chi connectivity index (χ1v) is 9.55. The van der Waals surface area contributed by atoms with E-state index < -0.39 is 11.7 Å². The fraction of sp³-hybridized carbons (Fsp3) is 0.261. The molecule has 0 N–H and O–H groups in total. The summed E-state index contributed by atoms with van der Waals surface area (Å²) in [6, 6.07) is 9.39. The Morgan fingerprint density at radius 2 is 1.83 bits per heavy atom. The van der Waals surface area contributed by atoms with Crippen LogP contribution in [0, 0.1) is 6.92 Å². The minimum atomic E-state index is -0.468. The molecule has 1 aromatic carbocycles. The second kappa shape index (κ2) is 7.54. The number of fused-ring (bicyclic) bond motifs is 2. The molecule has 0 radical (unpaired) electrons. The predicted molar refractivity (Wildman–Crippen MR) is 111 cm³/mol. The average molecular weight is 390 g/mol. The molecule has 0 amide bonds. The van der Waals surface area contributed by atoms with Crippen molar-refractivity contribution >= 4 is 11.5 Å². The molecule has 0 spiro atoms. The minimum absolute atomic E-state index is 0.0732. The zero-order chi connectivity index (χ0) is 20.5. The SMILES string of the molecule is COC(=O)C1=CC2=C(CC=CC2)c2c(C)c(=O)n(Cc3ccccc3)c(=O)n2C1. The molecule has 0 saturated carbocycles. The normalized spacial score (nSPS) is 15.3. The van der Waals surface area contributed by atoms with Gasteiger partial charge in [0.25, 0.3) is 5.56 Å². The number of rotatable bonds is 3. The van der Waals surface area contributed by atoms with Crippen molar-refractivity contribution in [1.82, 2.24) is 9.13 Å². The van der Waals surface area contributed by atoms with Crippen molar-refractivity contribution in [3.63, 3.8) is 0 Å². The van der Waals surface area contributed by atoms with Gasteiger partial charge in [0.1, 0.15) is 0 Å². The molecule has 0 fully saturated rings. The Labute approximate surface area is 168 Å². The van der Waals surface area contributed by atoms with E-state index in [1.54, 1.807) is 11.5 Å². The molecule has 1 aliphatic carbocycles. The largest absolute Gasteiger partial charge is 0.466 e. The van der Waals surface area contributed by atoms with Crippen molar-refractivity contribution in [2.75, 3.05) is 7.11 Å². The quantitative estimate of drug-likeness (QED) is 0.597. The van der Waals surface area contributed by atoms with Gasteiger partial charge in [0.05, 0.1) is 31.5 Å². The standard InChI is InChI=1S/C23H22N2O4/c1-15-20-19-11-7-6-10-17(19)12-18(22(27)29-2)14-24(20)23(28)25(21(15)26)13-16-8-4-3-5-9-16/h3-9,12H,10-11,13-14H2,1-2H3. The van der Waals surface area contributed by atoms with E-state index >= 15 is 0 Å². The molecule has 1 aliphatic heterocycles. The van der Waals surface area contributed by atoms with Gasteiger partial charge in [0, 0.05) is 5.56 Å². The van der Waals surface area contributed by atoms with Gasteiger partial charge in [-0.2, -0.15) is 0 Å². The van der Waals surface area contributed by atoms with Crippen LogP contribution in [0.4, 0.5) is 0 Å². The number of ether oxygens (including phenoxy) is 1. The van der Waals surface area contributed by atoms with Gasteiger partial charge in [0.15, 0.2) is 0 Å². The van der Waals surface area contributed by atoms with Gasteiger partial charge in [-0.1, -0.05) is 42.5 Å². The van der Waals surface area contributed by atoms with Crippen LogP contribution >= 0.6 is 0 Å².